The largest absolute Gasteiger partial charge is 0.504 e. The third-order valence-electron chi connectivity index (χ3n) is 6.41. The van der Waals surface area contributed by atoms with Gasteiger partial charge in [0.05, 0.1) is 0 Å². The van der Waals surface area contributed by atoms with E-state index in [0.717, 1.165) is 24.3 Å². The SMILES string of the molecule is CN(CC1CC1)[C@@H]1Cc2ccc(O)c3c2[C@@H]2[C@H]1CCC(=O)[C@@H]2O3. The molecule has 0 radical (unpaired) electrons. The molecule has 4 nitrogen and oxygen atoms in total. The van der Waals surface area contributed by atoms with Crippen molar-refractivity contribution >= 4 is 5.78 Å². The van der Waals surface area contributed by atoms with Crippen LogP contribution < -0.4 is 4.74 Å². The van der Waals surface area contributed by atoms with Crippen molar-refractivity contribution in [3.63, 3.8) is 0 Å². The first-order valence-corrected chi connectivity index (χ1v) is 8.88. The Morgan fingerprint density at radius 1 is 1.30 bits per heavy atom. The fourth-order valence-electron chi connectivity index (χ4n) is 5.12. The molecule has 4 atom stereocenters. The number of nitrogens with zero attached hydrogens (tertiary/aromatic N) is 1. The molecule has 1 heterocycles. The number of hydrogen-bond acceptors (Lipinski definition) is 4. The van der Waals surface area contributed by atoms with Crippen LogP contribution in [0, 0.1) is 11.8 Å². The summed E-state index contributed by atoms with van der Waals surface area (Å²) in [6.45, 7) is 1.17. The molecule has 0 saturated heterocycles. The number of benzene rings is 1. The van der Waals surface area contributed by atoms with Crippen LogP contribution in [0.1, 0.15) is 42.7 Å². The molecule has 2 saturated carbocycles. The lowest BCUT2D eigenvalue weighted by molar-refractivity contribution is -0.130. The van der Waals surface area contributed by atoms with E-state index >= 15 is 0 Å². The molecule has 23 heavy (non-hydrogen) atoms. The number of phenolic OH excluding ortho intramolecular Hbond substituents is 1. The number of likely N-dealkylation sites (N-methyl/N-ethyl adjacent to an activating group) is 1. The monoisotopic (exact) mass is 313 g/mol. The molecule has 0 amide bonds. The van der Waals surface area contributed by atoms with Crippen molar-refractivity contribution in [2.45, 2.75) is 50.2 Å². The number of rotatable bonds is 3. The summed E-state index contributed by atoms with van der Waals surface area (Å²) in [4.78, 5) is 14.9. The summed E-state index contributed by atoms with van der Waals surface area (Å²) in [6.07, 6.45) is 4.94. The number of carbonyl (C=O) groups is 1. The first kappa shape index (κ1) is 13.8. The van der Waals surface area contributed by atoms with Gasteiger partial charge < -0.3 is 14.7 Å². The van der Waals surface area contributed by atoms with Crippen molar-refractivity contribution in [2.75, 3.05) is 13.6 Å². The highest BCUT2D eigenvalue weighted by Crippen LogP contribution is 2.56. The predicted molar refractivity (Wildman–Crippen MR) is 85.8 cm³/mol. The lowest BCUT2D eigenvalue weighted by atomic mass is 9.64. The minimum atomic E-state index is -0.368. The normalized spacial score (nSPS) is 34.4. The van der Waals surface area contributed by atoms with E-state index in [2.05, 4.69) is 11.9 Å². The van der Waals surface area contributed by atoms with Crippen LogP contribution in [0.3, 0.4) is 0 Å². The zero-order valence-electron chi connectivity index (χ0n) is 13.5. The summed E-state index contributed by atoms with van der Waals surface area (Å²) in [5.74, 6) is 2.47. The topological polar surface area (TPSA) is 49.8 Å². The van der Waals surface area contributed by atoms with Gasteiger partial charge in [0.1, 0.15) is 0 Å². The van der Waals surface area contributed by atoms with Crippen LogP contribution in [0.5, 0.6) is 11.5 Å². The van der Waals surface area contributed by atoms with Gasteiger partial charge in [-0.05, 0) is 56.2 Å². The molecule has 1 aliphatic heterocycles. The van der Waals surface area contributed by atoms with E-state index < -0.39 is 0 Å². The number of ketones is 1. The van der Waals surface area contributed by atoms with Crippen LogP contribution in [0.4, 0.5) is 0 Å². The Morgan fingerprint density at radius 3 is 2.91 bits per heavy atom. The average Bonchev–Trinajstić information content (AvgIpc) is 3.25. The van der Waals surface area contributed by atoms with Gasteiger partial charge in [-0.2, -0.15) is 0 Å². The molecule has 4 heteroatoms. The smallest absolute Gasteiger partial charge is 0.173 e. The Morgan fingerprint density at radius 2 is 2.13 bits per heavy atom. The van der Waals surface area contributed by atoms with E-state index in [1.54, 1.807) is 6.07 Å². The highest BCUT2D eigenvalue weighted by Gasteiger charge is 2.53. The molecule has 4 aliphatic rings. The zero-order valence-corrected chi connectivity index (χ0v) is 13.5. The Bertz CT molecular complexity index is 681. The molecule has 3 aliphatic carbocycles. The highest BCUT2D eigenvalue weighted by atomic mass is 16.5. The maximum atomic E-state index is 12.4. The van der Waals surface area contributed by atoms with Crippen LogP contribution >= 0.6 is 0 Å². The molecule has 1 aromatic carbocycles. The molecule has 1 N–H and O–H groups in total. The van der Waals surface area contributed by atoms with E-state index in [1.807, 2.05) is 6.07 Å². The van der Waals surface area contributed by atoms with Crippen molar-refractivity contribution in [1.29, 1.82) is 0 Å². The summed E-state index contributed by atoms with van der Waals surface area (Å²) in [6, 6.07) is 4.25. The third kappa shape index (κ3) is 1.97. The Labute approximate surface area is 136 Å². The van der Waals surface area contributed by atoms with E-state index in [4.69, 9.17) is 4.74 Å². The molecule has 122 valence electrons. The van der Waals surface area contributed by atoms with E-state index in [1.165, 1.54) is 24.9 Å². The van der Waals surface area contributed by atoms with Crippen molar-refractivity contribution in [2.24, 2.45) is 11.8 Å². The standard InChI is InChI=1S/C19H23NO3/c1-20(9-10-2-3-10)13-8-11-4-6-14(21)18-16(11)17-12(13)5-7-15(22)19(17)23-18/h4,6,10,12-13,17,19,21H,2-3,5,7-9H2,1H3/t12-,13+,17-,19-/m0/s1. The third-order valence-corrected chi connectivity index (χ3v) is 6.41. The van der Waals surface area contributed by atoms with Crippen molar-refractivity contribution in [1.82, 2.24) is 4.90 Å². The van der Waals surface area contributed by atoms with E-state index in [9.17, 15) is 9.90 Å². The van der Waals surface area contributed by atoms with Gasteiger partial charge >= 0.3 is 0 Å². The van der Waals surface area contributed by atoms with Crippen LogP contribution in [0.2, 0.25) is 0 Å². The number of ether oxygens (including phenoxy) is 1. The molecular formula is C19H23NO3. The number of Topliss-reactive ketones (excluding diaryl/α,β-unsaturated/α-hetero) is 1. The van der Waals surface area contributed by atoms with Gasteiger partial charge in [-0.15, -0.1) is 0 Å². The maximum absolute atomic E-state index is 12.4. The van der Waals surface area contributed by atoms with Crippen molar-refractivity contribution < 1.29 is 14.6 Å². The van der Waals surface area contributed by atoms with Gasteiger partial charge in [0.2, 0.25) is 0 Å². The molecule has 1 aromatic rings. The van der Waals surface area contributed by atoms with E-state index in [0.29, 0.717) is 24.1 Å². The summed E-state index contributed by atoms with van der Waals surface area (Å²) in [5, 5.41) is 10.2. The molecule has 5 rings (SSSR count). The van der Waals surface area contributed by atoms with Gasteiger partial charge in [0.25, 0.3) is 0 Å². The lowest BCUT2D eigenvalue weighted by Gasteiger charge is -2.45. The lowest BCUT2D eigenvalue weighted by Crippen LogP contribution is -2.51. The molecular weight excluding hydrogens is 290 g/mol. The molecule has 0 unspecified atom stereocenters. The molecule has 0 aromatic heterocycles. The van der Waals surface area contributed by atoms with E-state index in [-0.39, 0.29) is 23.6 Å². The Kier molecular flexibility index (Phi) is 2.85. The van der Waals surface area contributed by atoms with Crippen LogP contribution in [0.15, 0.2) is 12.1 Å². The quantitative estimate of drug-likeness (QED) is 0.931. The Balaban J connectivity index is 1.57. The number of hydrogen-bond donors (Lipinski definition) is 1. The summed E-state index contributed by atoms with van der Waals surface area (Å²) in [7, 11) is 2.25. The van der Waals surface area contributed by atoms with Gasteiger partial charge in [-0.25, -0.2) is 0 Å². The Hall–Kier alpha value is -1.55. The molecule has 0 bridgehead atoms. The summed E-state index contributed by atoms with van der Waals surface area (Å²) >= 11 is 0. The predicted octanol–water partition coefficient (Wildman–Crippen LogP) is 2.48. The van der Waals surface area contributed by atoms with Crippen LogP contribution in [-0.2, 0) is 11.2 Å². The average molecular weight is 313 g/mol. The second-order valence-electron chi connectivity index (χ2n) is 7.87. The number of phenols is 1. The highest BCUT2D eigenvalue weighted by molar-refractivity contribution is 5.87. The van der Waals surface area contributed by atoms with Gasteiger partial charge in [-0.3, -0.25) is 4.79 Å². The van der Waals surface area contributed by atoms with Gasteiger partial charge in [0.15, 0.2) is 23.4 Å². The first-order chi connectivity index (χ1) is 11.1. The molecule has 0 spiro atoms. The molecule has 2 fully saturated rings. The minimum absolute atomic E-state index is 0.147. The summed E-state index contributed by atoms with van der Waals surface area (Å²) in [5.41, 5.74) is 2.40. The zero-order chi connectivity index (χ0) is 15.7. The van der Waals surface area contributed by atoms with Gasteiger partial charge in [0, 0.05) is 30.5 Å². The van der Waals surface area contributed by atoms with Gasteiger partial charge in [-0.1, -0.05) is 6.07 Å². The maximum Gasteiger partial charge on any atom is 0.173 e. The number of carbonyl (C=O) groups excluding carboxylic acids is 1. The second kappa shape index (κ2) is 4.73. The fraction of sp³-hybridized carbons (Fsp3) is 0.632. The summed E-state index contributed by atoms with van der Waals surface area (Å²) < 4.78 is 5.95. The number of aromatic hydroxyl groups is 1. The van der Waals surface area contributed by atoms with Crippen LogP contribution in [-0.4, -0.2) is 41.5 Å². The second-order valence-corrected chi connectivity index (χ2v) is 7.87. The van der Waals surface area contributed by atoms with Crippen LogP contribution in [0.25, 0.3) is 0 Å². The van der Waals surface area contributed by atoms with Crippen molar-refractivity contribution in [3.05, 3.63) is 23.3 Å². The minimum Gasteiger partial charge on any atom is -0.504 e. The first-order valence-electron chi connectivity index (χ1n) is 8.88. The fourth-order valence-corrected chi connectivity index (χ4v) is 5.12. The van der Waals surface area contributed by atoms with Crippen molar-refractivity contribution in [3.8, 4) is 11.5 Å².